The number of benzene rings is 3. The third-order valence-corrected chi connectivity index (χ3v) is 5.94. The van der Waals surface area contributed by atoms with Gasteiger partial charge in [-0.1, -0.05) is 84.9 Å². The molecule has 0 aromatic heterocycles. The van der Waals surface area contributed by atoms with E-state index in [4.69, 9.17) is 5.11 Å². The van der Waals surface area contributed by atoms with Crippen molar-refractivity contribution in [1.82, 2.24) is 4.90 Å². The fourth-order valence-electron chi connectivity index (χ4n) is 3.92. The van der Waals surface area contributed by atoms with Gasteiger partial charge in [-0.15, -0.1) is 0 Å². The van der Waals surface area contributed by atoms with Crippen molar-refractivity contribution in [3.05, 3.63) is 130 Å². The molecule has 0 saturated heterocycles. The van der Waals surface area contributed by atoms with E-state index in [0.29, 0.717) is 11.1 Å². The molecule has 1 heterocycles. The second-order valence-electron chi connectivity index (χ2n) is 8.73. The molecule has 0 saturated carbocycles. The van der Waals surface area contributed by atoms with Gasteiger partial charge in [0, 0.05) is 30.5 Å². The number of amides is 2. The van der Waals surface area contributed by atoms with Gasteiger partial charge < -0.3 is 5.11 Å². The van der Waals surface area contributed by atoms with Crippen LogP contribution >= 0.6 is 0 Å². The van der Waals surface area contributed by atoms with E-state index in [-0.39, 0.29) is 24.0 Å². The molecule has 0 spiro atoms. The molecule has 0 aliphatic carbocycles. The van der Waals surface area contributed by atoms with Crippen LogP contribution in [0, 0.1) is 0 Å². The highest BCUT2D eigenvalue weighted by Gasteiger charge is 2.37. The Morgan fingerprint density at radius 3 is 1.38 bits per heavy atom. The van der Waals surface area contributed by atoms with Crippen molar-refractivity contribution in [2.45, 2.75) is 25.2 Å². The molecule has 1 aliphatic heterocycles. The highest BCUT2D eigenvalue weighted by molar-refractivity contribution is 6.21. The van der Waals surface area contributed by atoms with Crippen LogP contribution in [0.2, 0.25) is 0 Å². The Hall–Kier alpha value is -4.18. The van der Waals surface area contributed by atoms with Crippen LogP contribution in [0.15, 0.2) is 108 Å². The monoisotopic (exact) mass is 561 g/mol. The first-order chi connectivity index (χ1) is 18.9. The van der Waals surface area contributed by atoms with E-state index in [1.54, 1.807) is 72.8 Å². The van der Waals surface area contributed by atoms with Crippen LogP contribution in [0.1, 0.15) is 31.8 Å². The smallest absolute Gasteiger partial charge is 0.392 e. The van der Waals surface area contributed by atoms with Crippen LogP contribution in [0.25, 0.3) is 0 Å². The summed E-state index contributed by atoms with van der Waals surface area (Å²) in [6, 6.07) is 22.8. The molecular formula is C30H25F6NO3. The lowest BCUT2D eigenvalue weighted by Crippen LogP contribution is -2.30. The van der Waals surface area contributed by atoms with E-state index in [0.717, 1.165) is 17.1 Å². The molecule has 0 fully saturated rings. The number of fused-ring (bicyclic) bond motifs is 1. The van der Waals surface area contributed by atoms with E-state index < -0.39 is 48.5 Å². The number of carbonyl (C=O) groups is 2. The molecule has 210 valence electrons. The summed E-state index contributed by atoms with van der Waals surface area (Å²) in [5.74, 6) is -1.14. The van der Waals surface area contributed by atoms with Gasteiger partial charge in [-0.05, 0) is 23.3 Å². The van der Waals surface area contributed by atoms with Crippen LogP contribution in [0.3, 0.4) is 0 Å². The summed E-state index contributed by atoms with van der Waals surface area (Å²) in [5, 5.41) is 8.50. The summed E-state index contributed by atoms with van der Waals surface area (Å²) in [6.07, 6.45) is -7.72. The molecular weight excluding hydrogens is 536 g/mol. The number of hydrogen-bond donors (Lipinski definition) is 1. The lowest BCUT2D eigenvalue weighted by atomic mass is 10.0. The van der Waals surface area contributed by atoms with Gasteiger partial charge in [0.2, 0.25) is 0 Å². The number of halogens is 6. The van der Waals surface area contributed by atoms with Crippen molar-refractivity contribution in [3.8, 4) is 0 Å². The van der Waals surface area contributed by atoms with Crippen molar-refractivity contribution in [2.75, 3.05) is 13.2 Å². The minimum absolute atomic E-state index is 0.203. The zero-order valence-electron chi connectivity index (χ0n) is 21.0. The van der Waals surface area contributed by atoms with Crippen LogP contribution in [-0.2, 0) is 12.8 Å². The van der Waals surface area contributed by atoms with E-state index in [9.17, 15) is 35.9 Å². The third kappa shape index (κ3) is 8.16. The molecule has 1 aliphatic rings. The summed E-state index contributed by atoms with van der Waals surface area (Å²) in [7, 11) is 0. The number of aliphatic hydroxyl groups is 1. The molecule has 3 aromatic rings. The predicted molar refractivity (Wildman–Crippen MR) is 137 cm³/mol. The molecule has 4 nitrogen and oxygen atoms in total. The van der Waals surface area contributed by atoms with Gasteiger partial charge >= 0.3 is 12.4 Å². The average molecular weight is 562 g/mol. The number of carbonyl (C=O) groups excluding carboxylic acids is 2. The number of alkyl halides is 6. The fraction of sp³-hybridized carbons (Fsp3) is 0.200. The Balaban J connectivity index is 0.000000252. The van der Waals surface area contributed by atoms with Crippen LogP contribution in [-0.4, -0.2) is 47.3 Å². The zero-order valence-corrected chi connectivity index (χ0v) is 21.0. The van der Waals surface area contributed by atoms with E-state index in [1.165, 1.54) is 12.1 Å². The summed E-state index contributed by atoms with van der Waals surface area (Å²) in [5.41, 5.74) is 0.0319. The molecule has 4 rings (SSSR count). The summed E-state index contributed by atoms with van der Waals surface area (Å²) in [6.45, 7) is -1.00. The topological polar surface area (TPSA) is 57.6 Å². The highest BCUT2D eigenvalue weighted by Crippen LogP contribution is 2.30. The molecule has 0 bridgehead atoms. The number of allylic oxidation sites excluding steroid dienone is 2. The quantitative estimate of drug-likeness (QED) is 0.198. The van der Waals surface area contributed by atoms with Gasteiger partial charge in [-0.25, -0.2) is 0 Å². The first kappa shape index (κ1) is 30.4. The second kappa shape index (κ2) is 13.3. The summed E-state index contributed by atoms with van der Waals surface area (Å²) in [4.78, 5) is 25.3. The second-order valence-corrected chi connectivity index (χ2v) is 8.73. The van der Waals surface area contributed by atoms with Gasteiger partial charge in [0.1, 0.15) is 0 Å². The zero-order chi connectivity index (χ0) is 29.3. The number of rotatable bonds is 7. The molecule has 0 unspecified atom stereocenters. The fourth-order valence-corrected chi connectivity index (χ4v) is 3.92. The molecule has 0 atom stereocenters. The van der Waals surface area contributed by atoms with Crippen molar-refractivity contribution < 1.29 is 41.0 Å². The highest BCUT2D eigenvalue weighted by atomic mass is 19.4. The Morgan fingerprint density at radius 1 is 0.625 bits per heavy atom. The largest absolute Gasteiger partial charge is 0.412 e. The third-order valence-electron chi connectivity index (χ3n) is 5.94. The number of nitrogens with zero attached hydrogens (tertiary/aromatic N) is 1. The number of hydrogen-bond acceptors (Lipinski definition) is 3. The van der Waals surface area contributed by atoms with Crippen molar-refractivity contribution in [3.63, 3.8) is 0 Å². The molecule has 2 amide bonds. The molecule has 0 radical (unpaired) electrons. The molecule has 3 aromatic carbocycles. The lowest BCUT2D eigenvalue weighted by molar-refractivity contribution is -0.0944. The first-order valence-electron chi connectivity index (χ1n) is 12.1. The van der Waals surface area contributed by atoms with Gasteiger partial charge in [-0.3, -0.25) is 14.5 Å². The van der Waals surface area contributed by atoms with Crippen molar-refractivity contribution in [1.29, 1.82) is 0 Å². The maximum absolute atomic E-state index is 13.3. The molecule has 1 N–H and O–H groups in total. The standard InChI is InChI=1S/C19H14F3NO2.C11H11F3O/c20-19(21,22)14(12-13-6-2-1-3-7-13)10-11-23-17(24)15-8-4-5-9-16(15)18(23)25;12-11(13,14)10(6-7-15)8-9-4-2-1-3-5-9/h1-10H,11-12H2;1-6,15H,7-8H2/b14-10-;10-6+. The minimum atomic E-state index is -4.53. The van der Waals surface area contributed by atoms with Crippen molar-refractivity contribution >= 4 is 11.8 Å². The number of aliphatic hydroxyl groups excluding tert-OH is 1. The van der Waals surface area contributed by atoms with Crippen molar-refractivity contribution in [2.24, 2.45) is 0 Å². The summed E-state index contributed by atoms with van der Waals surface area (Å²) >= 11 is 0. The van der Waals surface area contributed by atoms with Gasteiger partial charge in [0.15, 0.2) is 0 Å². The lowest BCUT2D eigenvalue weighted by Gasteiger charge is -2.15. The average Bonchev–Trinajstić information content (AvgIpc) is 3.16. The van der Waals surface area contributed by atoms with Crippen LogP contribution in [0.4, 0.5) is 26.3 Å². The van der Waals surface area contributed by atoms with Crippen LogP contribution < -0.4 is 0 Å². The van der Waals surface area contributed by atoms with E-state index in [1.807, 2.05) is 0 Å². The SMILES string of the molecule is O=C1c2ccccc2C(=O)N1C/C=C(/Cc1ccccc1)C(F)(F)F.OC/C=C(\Cc1ccccc1)C(F)(F)F. The maximum atomic E-state index is 13.3. The molecule has 40 heavy (non-hydrogen) atoms. The van der Waals surface area contributed by atoms with Gasteiger partial charge in [-0.2, -0.15) is 26.3 Å². The maximum Gasteiger partial charge on any atom is 0.412 e. The van der Waals surface area contributed by atoms with E-state index in [2.05, 4.69) is 0 Å². The molecule has 10 heteroatoms. The Labute approximate surface area is 226 Å². The summed E-state index contributed by atoms with van der Waals surface area (Å²) < 4.78 is 77.1. The van der Waals surface area contributed by atoms with E-state index >= 15 is 0 Å². The number of imide groups is 1. The van der Waals surface area contributed by atoms with Gasteiger partial charge in [0.05, 0.1) is 17.7 Å². The Morgan fingerprint density at radius 2 is 1.00 bits per heavy atom. The minimum Gasteiger partial charge on any atom is -0.392 e. The van der Waals surface area contributed by atoms with Crippen LogP contribution in [0.5, 0.6) is 0 Å². The Bertz CT molecular complexity index is 1330. The first-order valence-corrected chi connectivity index (χ1v) is 12.1. The Kier molecular flexibility index (Phi) is 10.1. The predicted octanol–water partition coefficient (Wildman–Crippen LogP) is 6.72. The normalized spacial score (nSPS) is 14.1. The van der Waals surface area contributed by atoms with Gasteiger partial charge in [0.25, 0.3) is 11.8 Å².